The third kappa shape index (κ3) is 3.93. The van der Waals surface area contributed by atoms with Gasteiger partial charge in [-0.25, -0.2) is 4.68 Å². The zero-order valence-corrected chi connectivity index (χ0v) is 19.1. The zero-order valence-electron chi connectivity index (χ0n) is 16.7. The van der Waals surface area contributed by atoms with Crippen molar-refractivity contribution in [2.24, 2.45) is 23.2 Å². The molecular formula is C22H27N3OS3. The largest absolute Gasteiger partial charge is 0.352 e. The summed E-state index contributed by atoms with van der Waals surface area (Å²) in [6.45, 7) is 2.24. The third-order valence-electron chi connectivity index (χ3n) is 7.24. The topological polar surface area (TPSA) is 46.9 Å². The summed E-state index contributed by atoms with van der Waals surface area (Å²) in [6.07, 6.45) is 8.25. The van der Waals surface area contributed by atoms with E-state index in [9.17, 15) is 4.79 Å². The second kappa shape index (κ2) is 7.82. The number of thioether (sulfide) groups is 1. The van der Waals surface area contributed by atoms with Gasteiger partial charge in [-0.3, -0.25) is 4.79 Å². The first-order valence-electron chi connectivity index (χ1n) is 10.6. The van der Waals surface area contributed by atoms with E-state index >= 15 is 0 Å². The van der Waals surface area contributed by atoms with Crippen LogP contribution in [-0.4, -0.2) is 27.5 Å². The standard InChI is InChI=1S/C22H27N3OS3/c1-14(22-10-15-7-16(11-22)9-17(8-15)12-22)23-19(26)13-28-20-24-25(21(27)29-20)18-5-3-2-4-6-18/h2-6,14-17H,7-13H2,1H3,(H,23,26). The molecular weight excluding hydrogens is 418 g/mol. The van der Waals surface area contributed by atoms with Crippen LogP contribution < -0.4 is 5.32 Å². The molecule has 4 aliphatic rings. The smallest absolute Gasteiger partial charge is 0.230 e. The lowest BCUT2D eigenvalue weighted by Crippen LogP contribution is -2.56. The highest BCUT2D eigenvalue weighted by atomic mass is 32.2. The maximum atomic E-state index is 12.7. The van der Waals surface area contributed by atoms with E-state index in [2.05, 4.69) is 17.3 Å². The molecule has 154 valence electrons. The van der Waals surface area contributed by atoms with Gasteiger partial charge in [-0.2, -0.15) is 0 Å². The van der Waals surface area contributed by atoms with Crippen LogP contribution >= 0.6 is 35.3 Å². The van der Waals surface area contributed by atoms with E-state index < -0.39 is 0 Å². The molecule has 29 heavy (non-hydrogen) atoms. The minimum atomic E-state index is 0.116. The summed E-state index contributed by atoms with van der Waals surface area (Å²) >= 11 is 8.41. The maximum absolute atomic E-state index is 12.7. The maximum Gasteiger partial charge on any atom is 0.230 e. The average Bonchev–Trinajstić information content (AvgIpc) is 3.07. The molecule has 6 rings (SSSR count). The minimum absolute atomic E-state index is 0.116. The van der Waals surface area contributed by atoms with Crippen LogP contribution in [0.5, 0.6) is 0 Å². The van der Waals surface area contributed by atoms with Gasteiger partial charge in [0, 0.05) is 6.04 Å². The van der Waals surface area contributed by atoms with Gasteiger partial charge in [0.15, 0.2) is 8.29 Å². The van der Waals surface area contributed by atoms with Crippen molar-refractivity contribution < 1.29 is 4.79 Å². The Morgan fingerprint density at radius 2 is 1.86 bits per heavy atom. The number of amides is 1. The van der Waals surface area contributed by atoms with Crippen molar-refractivity contribution in [3.05, 3.63) is 34.3 Å². The summed E-state index contributed by atoms with van der Waals surface area (Å²) in [6, 6.07) is 10.2. The Hall–Kier alpha value is -1.18. The molecule has 1 atom stereocenters. The lowest BCUT2D eigenvalue weighted by molar-refractivity contribution is -0.123. The second-order valence-electron chi connectivity index (χ2n) is 9.24. The Kier molecular flexibility index (Phi) is 5.33. The third-order valence-corrected chi connectivity index (χ3v) is 9.60. The van der Waals surface area contributed by atoms with Gasteiger partial charge in [0.1, 0.15) is 0 Å². The molecule has 4 nitrogen and oxygen atoms in total. The number of nitrogens with zero attached hydrogens (tertiary/aromatic N) is 2. The number of carbonyl (C=O) groups excluding carboxylic acids is 1. The number of rotatable bonds is 6. The predicted octanol–water partition coefficient (Wildman–Crippen LogP) is 5.48. The molecule has 4 saturated carbocycles. The van der Waals surface area contributed by atoms with E-state index in [-0.39, 0.29) is 11.9 Å². The van der Waals surface area contributed by atoms with Crippen LogP contribution in [0.2, 0.25) is 0 Å². The van der Waals surface area contributed by atoms with Gasteiger partial charge in [0.25, 0.3) is 0 Å². The Labute approximate surface area is 185 Å². The van der Waals surface area contributed by atoms with Gasteiger partial charge in [-0.05, 0) is 93.0 Å². The molecule has 1 heterocycles. The molecule has 0 aliphatic heterocycles. The summed E-state index contributed by atoms with van der Waals surface area (Å²) in [4.78, 5) is 12.7. The highest BCUT2D eigenvalue weighted by molar-refractivity contribution is 8.01. The molecule has 1 aromatic carbocycles. The van der Waals surface area contributed by atoms with E-state index in [0.29, 0.717) is 15.1 Å². The number of para-hydroxylation sites is 1. The van der Waals surface area contributed by atoms with E-state index in [0.717, 1.165) is 27.8 Å². The SMILES string of the molecule is CC(NC(=O)CSc1nn(-c2ccccc2)c(=S)s1)C12CC3CC(CC(C3)C1)C2. The van der Waals surface area contributed by atoms with Crippen molar-refractivity contribution in [2.75, 3.05) is 5.75 Å². The highest BCUT2D eigenvalue weighted by Gasteiger charge is 2.53. The summed E-state index contributed by atoms with van der Waals surface area (Å²) in [5.41, 5.74) is 1.31. The first kappa shape index (κ1) is 19.8. The van der Waals surface area contributed by atoms with Crippen molar-refractivity contribution in [2.45, 2.75) is 55.8 Å². The molecule has 0 radical (unpaired) electrons. The van der Waals surface area contributed by atoms with E-state index in [4.69, 9.17) is 12.2 Å². The first-order valence-corrected chi connectivity index (χ1v) is 12.8. The van der Waals surface area contributed by atoms with Crippen molar-refractivity contribution in [1.82, 2.24) is 15.1 Å². The van der Waals surface area contributed by atoms with Crippen LogP contribution in [0, 0.1) is 27.1 Å². The summed E-state index contributed by atoms with van der Waals surface area (Å²) in [5.74, 6) is 3.23. The van der Waals surface area contributed by atoms with Gasteiger partial charge in [0.2, 0.25) is 5.91 Å². The fourth-order valence-corrected chi connectivity index (χ4v) is 8.50. The van der Waals surface area contributed by atoms with Gasteiger partial charge in [0.05, 0.1) is 11.4 Å². The van der Waals surface area contributed by atoms with Crippen molar-refractivity contribution in [3.63, 3.8) is 0 Å². The Balaban J connectivity index is 1.19. The molecule has 1 aromatic heterocycles. The summed E-state index contributed by atoms with van der Waals surface area (Å²) in [5, 5.41) is 7.94. The lowest BCUT2D eigenvalue weighted by Gasteiger charge is -2.59. The molecule has 4 aliphatic carbocycles. The molecule has 4 fully saturated rings. The van der Waals surface area contributed by atoms with Crippen molar-refractivity contribution in [1.29, 1.82) is 0 Å². The van der Waals surface area contributed by atoms with E-state index in [1.807, 2.05) is 30.3 Å². The van der Waals surface area contributed by atoms with Gasteiger partial charge < -0.3 is 5.32 Å². The van der Waals surface area contributed by atoms with Crippen LogP contribution in [0.1, 0.15) is 45.4 Å². The molecule has 2 aromatic rings. The van der Waals surface area contributed by atoms with Crippen LogP contribution in [0.4, 0.5) is 0 Å². The lowest BCUT2D eigenvalue weighted by atomic mass is 9.48. The van der Waals surface area contributed by atoms with Gasteiger partial charge in [-0.15, -0.1) is 5.10 Å². The molecule has 1 unspecified atom stereocenters. The normalized spacial score (nSPS) is 31.0. The van der Waals surface area contributed by atoms with Crippen LogP contribution in [-0.2, 0) is 4.79 Å². The average molecular weight is 446 g/mol. The Bertz CT molecular complexity index is 916. The predicted molar refractivity (Wildman–Crippen MR) is 121 cm³/mol. The fourth-order valence-electron chi connectivity index (χ4n) is 6.32. The summed E-state index contributed by atoms with van der Waals surface area (Å²) < 4.78 is 3.33. The molecule has 1 amide bonds. The fraction of sp³-hybridized carbons (Fsp3) is 0.591. The van der Waals surface area contributed by atoms with Crippen molar-refractivity contribution in [3.8, 4) is 5.69 Å². The molecule has 1 N–H and O–H groups in total. The first-order chi connectivity index (χ1) is 14.0. The Morgan fingerprint density at radius 3 is 2.48 bits per heavy atom. The van der Waals surface area contributed by atoms with Gasteiger partial charge in [-0.1, -0.05) is 41.3 Å². The number of benzene rings is 1. The molecule has 7 heteroatoms. The number of nitrogens with one attached hydrogen (secondary N) is 1. The monoisotopic (exact) mass is 445 g/mol. The molecule has 4 bridgehead atoms. The molecule has 0 saturated heterocycles. The number of hydrogen-bond donors (Lipinski definition) is 1. The molecule has 0 spiro atoms. The Morgan fingerprint density at radius 1 is 1.24 bits per heavy atom. The highest BCUT2D eigenvalue weighted by Crippen LogP contribution is 2.61. The summed E-state index contributed by atoms with van der Waals surface area (Å²) in [7, 11) is 0. The van der Waals surface area contributed by atoms with Crippen LogP contribution in [0.25, 0.3) is 5.69 Å². The number of aromatic nitrogens is 2. The zero-order chi connectivity index (χ0) is 20.0. The van der Waals surface area contributed by atoms with Crippen molar-refractivity contribution >= 4 is 41.2 Å². The van der Waals surface area contributed by atoms with E-state index in [1.165, 1.54) is 61.6 Å². The quantitative estimate of drug-likeness (QED) is 0.473. The number of carbonyl (C=O) groups is 1. The van der Waals surface area contributed by atoms with Gasteiger partial charge >= 0.3 is 0 Å². The van der Waals surface area contributed by atoms with E-state index in [1.54, 1.807) is 4.68 Å². The second-order valence-corrected chi connectivity index (χ2v) is 12.1. The minimum Gasteiger partial charge on any atom is -0.352 e. The van der Waals surface area contributed by atoms with Crippen LogP contribution in [0.15, 0.2) is 34.7 Å². The van der Waals surface area contributed by atoms with Crippen LogP contribution in [0.3, 0.4) is 0 Å². The number of hydrogen-bond acceptors (Lipinski definition) is 5.